The Morgan fingerprint density at radius 3 is 2.24 bits per heavy atom. The quantitative estimate of drug-likeness (QED) is 0.710. The van der Waals surface area contributed by atoms with Gasteiger partial charge in [-0.15, -0.1) is 0 Å². The molecule has 2 saturated heterocycles. The Morgan fingerprint density at radius 1 is 1.24 bits per heavy atom. The number of rotatable bonds is 1. The molecule has 0 aromatic rings. The van der Waals surface area contributed by atoms with Crippen LogP contribution in [0.4, 0.5) is 0 Å². The number of hydrogen-bond donors (Lipinski definition) is 1. The zero-order valence-corrected chi connectivity index (χ0v) is 11.1. The highest BCUT2D eigenvalue weighted by molar-refractivity contribution is 5.86. The lowest BCUT2D eigenvalue weighted by Crippen LogP contribution is -2.34. The van der Waals surface area contributed by atoms with Gasteiger partial charge in [-0.2, -0.15) is 0 Å². The average Bonchev–Trinajstić information content (AvgIpc) is 2.40. The molecule has 0 atom stereocenters. The van der Waals surface area contributed by atoms with E-state index in [2.05, 4.69) is 18.8 Å². The topological polar surface area (TPSA) is 32.3 Å². The van der Waals surface area contributed by atoms with Crippen molar-refractivity contribution in [3.05, 3.63) is 12.7 Å². The van der Waals surface area contributed by atoms with Crippen LogP contribution in [0.5, 0.6) is 0 Å². The maximum absolute atomic E-state index is 11.0. The Labute approximate surface area is 105 Å². The summed E-state index contributed by atoms with van der Waals surface area (Å²) >= 11 is 0. The normalized spacial score (nSPS) is 21.4. The molecule has 0 bridgehead atoms. The van der Waals surface area contributed by atoms with Crippen molar-refractivity contribution >= 4 is 5.91 Å². The van der Waals surface area contributed by atoms with Crippen molar-refractivity contribution in [2.45, 2.75) is 39.0 Å². The zero-order chi connectivity index (χ0) is 12.5. The summed E-state index contributed by atoms with van der Waals surface area (Å²) in [6, 6.07) is 0. The Kier molecular flexibility index (Phi) is 6.94. The first kappa shape index (κ1) is 14.2. The van der Waals surface area contributed by atoms with E-state index in [1.807, 2.05) is 4.90 Å². The molecule has 1 amide bonds. The summed E-state index contributed by atoms with van der Waals surface area (Å²) in [4.78, 5) is 12.8. The molecule has 2 aliphatic rings. The molecule has 2 aliphatic heterocycles. The summed E-state index contributed by atoms with van der Waals surface area (Å²) in [5.41, 5.74) is 0. The first-order chi connectivity index (χ1) is 8.24. The third-order valence-electron chi connectivity index (χ3n) is 3.47. The van der Waals surface area contributed by atoms with Crippen LogP contribution >= 0.6 is 0 Å². The van der Waals surface area contributed by atoms with Crippen molar-refractivity contribution in [2.24, 2.45) is 5.92 Å². The molecule has 2 heterocycles. The Bertz CT molecular complexity index is 228. The van der Waals surface area contributed by atoms with Crippen LogP contribution in [-0.2, 0) is 4.79 Å². The third kappa shape index (κ3) is 5.87. The zero-order valence-electron chi connectivity index (χ0n) is 11.1. The molecule has 2 fully saturated rings. The highest BCUT2D eigenvalue weighted by Gasteiger charge is 2.12. The van der Waals surface area contributed by atoms with Gasteiger partial charge in [-0.05, 0) is 57.2 Å². The van der Waals surface area contributed by atoms with E-state index >= 15 is 0 Å². The lowest BCUT2D eigenvalue weighted by molar-refractivity contribution is -0.126. The summed E-state index contributed by atoms with van der Waals surface area (Å²) in [7, 11) is 0. The Balaban J connectivity index is 0.000000181. The van der Waals surface area contributed by atoms with Crippen molar-refractivity contribution in [3.8, 4) is 0 Å². The number of hydrogen-bond acceptors (Lipinski definition) is 2. The van der Waals surface area contributed by atoms with Gasteiger partial charge in [-0.25, -0.2) is 0 Å². The maximum Gasteiger partial charge on any atom is 0.245 e. The van der Waals surface area contributed by atoms with Crippen LogP contribution in [0.1, 0.15) is 39.0 Å². The minimum atomic E-state index is 0.0831. The summed E-state index contributed by atoms with van der Waals surface area (Å²) < 4.78 is 0. The van der Waals surface area contributed by atoms with Crippen molar-refractivity contribution in [1.82, 2.24) is 10.2 Å². The maximum atomic E-state index is 11.0. The molecule has 17 heavy (non-hydrogen) atoms. The molecule has 98 valence electrons. The predicted octanol–water partition coefficient (Wildman–Crippen LogP) is 2.19. The molecule has 0 aliphatic carbocycles. The third-order valence-corrected chi connectivity index (χ3v) is 3.47. The van der Waals surface area contributed by atoms with E-state index in [0.29, 0.717) is 0 Å². The van der Waals surface area contributed by atoms with E-state index in [1.165, 1.54) is 38.4 Å². The first-order valence-corrected chi connectivity index (χ1v) is 6.86. The molecule has 0 aromatic heterocycles. The second kappa shape index (κ2) is 8.29. The molecule has 2 rings (SSSR count). The van der Waals surface area contributed by atoms with Crippen LogP contribution in [-0.4, -0.2) is 37.0 Å². The lowest BCUT2D eigenvalue weighted by atomic mass is 10.0. The number of carbonyl (C=O) groups excluding carboxylic acids is 1. The molecule has 1 N–H and O–H groups in total. The van der Waals surface area contributed by atoms with Gasteiger partial charge in [0.2, 0.25) is 5.91 Å². The largest absolute Gasteiger partial charge is 0.339 e. The number of likely N-dealkylation sites (tertiary alicyclic amines) is 1. The number of amides is 1. The van der Waals surface area contributed by atoms with Crippen LogP contribution in [0, 0.1) is 5.92 Å². The van der Waals surface area contributed by atoms with Gasteiger partial charge in [0, 0.05) is 13.1 Å². The van der Waals surface area contributed by atoms with E-state index in [0.717, 1.165) is 31.8 Å². The van der Waals surface area contributed by atoms with E-state index < -0.39 is 0 Å². The number of nitrogens with one attached hydrogen (secondary N) is 1. The van der Waals surface area contributed by atoms with Gasteiger partial charge in [0.15, 0.2) is 0 Å². The van der Waals surface area contributed by atoms with Gasteiger partial charge < -0.3 is 10.2 Å². The summed E-state index contributed by atoms with van der Waals surface area (Å²) in [6.07, 6.45) is 7.71. The smallest absolute Gasteiger partial charge is 0.245 e. The van der Waals surface area contributed by atoms with Gasteiger partial charge in [-0.1, -0.05) is 13.5 Å². The molecular weight excluding hydrogens is 212 g/mol. The summed E-state index contributed by atoms with van der Waals surface area (Å²) in [5, 5.41) is 3.32. The summed E-state index contributed by atoms with van der Waals surface area (Å²) in [6.45, 7) is 10.1. The van der Waals surface area contributed by atoms with E-state index in [9.17, 15) is 4.79 Å². The average molecular weight is 238 g/mol. The monoisotopic (exact) mass is 238 g/mol. The second-order valence-electron chi connectivity index (χ2n) is 5.02. The van der Waals surface area contributed by atoms with Crippen LogP contribution in [0.2, 0.25) is 0 Å². The molecule has 0 radical (unpaired) electrons. The highest BCUT2D eigenvalue weighted by Crippen LogP contribution is 2.08. The Morgan fingerprint density at radius 2 is 1.82 bits per heavy atom. The lowest BCUT2D eigenvalue weighted by Gasteiger charge is -2.25. The minimum absolute atomic E-state index is 0.0831. The fourth-order valence-electron chi connectivity index (χ4n) is 2.21. The van der Waals surface area contributed by atoms with Crippen molar-refractivity contribution < 1.29 is 4.79 Å². The first-order valence-electron chi connectivity index (χ1n) is 6.86. The minimum Gasteiger partial charge on any atom is -0.339 e. The molecule has 0 spiro atoms. The summed E-state index contributed by atoms with van der Waals surface area (Å²) in [5.74, 6) is 1.06. The predicted molar refractivity (Wildman–Crippen MR) is 71.9 cm³/mol. The number of carbonyl (C=O) groups is 1. The van der Waals surface area contributed by atoms with Gasteiger partial charge in [0.25, 0.3) is 0 Å². The number of nitrogens with zero attached hydrogens (tertiary/aromatic N) is 1. The van der Waals surface area contributed by atoms with Crippen LogP contribution < -0.4 is 5.32 Å². The highest BCUT2D eigenvalue weighted by atomic mass is 16.2. The number of piperidine rings is 2. The van der Waals surface area contributed by atoms with Crippen LogP contribution in [0.25, 0.3) is 0 Å². The fourth-order valence-corrected chi connectivity index (χ4v) is 2.21. The molecule has 3 heteroatoms. The molecule has 0 unspecified atom stereocenters. The molecule has 0 aromatic carbocycles. The van der Waals surface area contributed by atoms with Gasteiger partial charge in [-0.3, -0.25) is 4.79 Å². The van der Waals surface area contributed by atoms with Crippen molar-refractivity contribution in [2.75, 3.05) is 26.2 Å². The second-order valence-corrected chi connectivity index (χ2v) is 5.02. The van der Waals surface area contributed by atoms with Crippen molar-refractivity contribution in [3.63, 3.8) is 0 Å². The SMILES string of the molecule is C=CC(=O)N1CCCCC1.CC1CCNCC1. The van der Waals surface area contributed by atoms with Gasteiger partial charge in [0.05, 0.1) is 0 Å². The van der Waals surface area contributed by atoms with E-state index in [4.69, 9.17) is 0 Å². The Hall–Kier alpha value is -0.830. The molecule has 0 saturated carbocycles. The van der Waals surface area contributed by atoms with E-state index in [1.54, 1.807) is 0 Å². The van der Waals surface area contributed by atoms with Gasteiger partial charge in [0.1, 0.15) is 0 Å². The fraction of sp³-hybridized carbons (Fsp3) is 0.786. The van der Waals surface area contributed by atoms with Crippen LogP contribution in [0.3, 0.4) is 0 Å². The van der Waals surface area contributed by atoms with E-state index in [-0.39, 0.29) is 5.91 Å². The molecular formula is C14H26N2O. The van der Waals surface area contributed by atoms with Crippen LogP contribution in [0.15, 0.2) is 12.7 Å². The van der Waals surface area contributed by atoms with Gasteiger partial charge >= 0.3 is 0 Å². The standard InChI is InChI=1S/C8H13NO.C6H13N/c1-2-8(10)9-6-4-3-5-7-9;1-6-2-4-7-5-3-6/h2H,1,3-7H2;6-7H,2-5H2,1H3. The van der Waals surface area contributed by atoms with Crippen molar-refractivity contribution in [1.29, 1.82) is 0 Å². The molecule has 3 nitrogen and oxygen atoms in total.